The Bertz CT molecular complexity index is 628. The van der Waals surface area contributed by atoms with Crippen LogP contribution in [0.4, 0.5) is 4.79 Å². The quantitative estimate of drug-likeness (QED) is 0.863. The van der Waals surface area contributed by atoms with Gasteiger partial charge >= 0.3 is 6.03 Å². The van der Waals surface area contributed by atoms with Crippen molar-refractivity contribution < 1.29 is 19.4 Å². The lowest BCUT2D eigenvalue weighted by Crippen LogP contribution is -2.46. The summed E-state index contributed by atoms with van der Waals surface area (Å²) >= 11 is 0. The molecule has 1 aromatic carbocycles. The van der Waals surface area contributed by atoms with Gasteiger partial charge < -0.3 is 24.8 Å². The number of rotatable bonds is 2. The fraction of sp³-hybridized carbons (Fsp3) is 0.632. The lowest BCUT2D eigenvalue weighted by atomic mass is 9.93. The van der Waals surface area contributed by atoms with Crippen LogP contribution in [0.15, 0.2) is 18.2 Å². The largest absolute Gasteiger partial charge is 0.486 e. The number of urea groups is 1. The molecule has 2 amide bonds. The van der Waals surface area contributed by atoms with E-state index in [1.165, 1.54) is 0 Å². The topological polar surface area (TPSA) is 71.0 Å². The van der Waals surface area contributed by atoms with E-state index in [4.69, 9.17) is 9.47 Å². The van der Waals surface area contributed by atoms with Gasteiger partial charge in [0.05, 0.1) is 12.1 Å². The number of fused-ring (bicyclic) bond motifs is 1. The Morgan fingerprint density at radius 1 is 1.08 bits per heavy atom. The Labute approximate surface area is 148 Å². The molecule has 0 aromatic heterocycles. The number of nitrogens with zero attached hydrogens (tertiary/aromatic N) is 1. The van der Waals surface area contributed by atoms with E-state index < -0.39 is 0 Å². The second-order valence-electron chi connectivity index (χ2n) is 7.21. The molecule has 2 aliphatic heterocycles. The number of carbonyl (C=O) groups is 1. The first-order chi connectivity index (χ1) is 12.2. The van der Waals surface area contributed by atoms with Crippen molar-refractivity contribution in [3.05, 3.63) is 23.8 Å². The lowest BCUT2D eigenvalue weighted by molar-refractivity contribution is 0.114. The van der Waals surface area contributed by atoms with E-state index in [1.54, 1.807) is 0 Å². The van der Waals surface area contributed by atoms with E-state index in [9.17, 15) is 9.90 Å². The number of aliphatic hydroxyl groups is 1. The molecule has 6 heteroatoms. The van der Waals surface area contributed by atoms with Crippen LogP contribution >= 0.6 is 0 Å². The molecule has 1 saturated heterocycles. The maximum absolute atomic E-state index is 12.8. The van der Waals surface area contributed by atoms with E-state index in [2.05, 4.69) is 5.32 Å². The average molecular weight is 346 g/mol. The highest BCUT2D eigenvalue weighted by Gasteiger charge is 2.32. The molecule has 0 bridgehead atoms. The van der Waals surface area contributed by atoms with Crippen LogP contribution in [0.2, 0.25) is 0 Å². The zero-order chi connectivity index (χ0) is 17.2. The van der Waals surface area contributed by atoms with Gasteiger partial charge in [-0.3, -0.25) is 0 Å². The Morgan fingerprint density at radius 3 is 2.64 bits per heavy atom. The summed E-state index contributed by atoms with van der Waals surface area (Å²) in [6, 6.07) is 6.28. The predicted octanol–water partition coefficient (Wildman–Crippen LogP) is 2.61. The van der Waals surface area contributed by atoms with Gasteiger partial charge in [-0.05, 0) is 56.2 Å². The summed E-state index contributed by atoms with van der Waals surface area (Å²) in [4.78, 5) is 14.7. The molecule has 136 valence electrons. The third-order valence-electron chi connectivity index (χ3n) is 5.49. The fourth-order valence-corrected chi connectivity index (χ4v) is 4.10. The summed E-state index contributed by atoms with van der Waals surface area (Å²) in [5.41, 5.74) is 1.11. The van der Waals surface area contributed by atoms with Crippen LogP contribution in [-0.2, 0) is 0 Å². The molecule has 0 radical (unpaired) electrons. The predicted molar refractivity (Wildman–Crippen MR) is 92.9 cm³/mol. The summed E-state index contributed by atoms with van der Waals surface area (Å²) in [5, 5.41) is 12.8. The smallest absolute Gasteiger partial charge is 0.318 e. The van der Waals surface area contributed by atoms with Gasteiger partial charge in [0.15, 0.2) is 11.5 Å². The monoisotopic (exact) mass is 346 g/mol. The lowest BCUT2D eigenvalue weighted by Gasteiger charge is -2.31. The molecule has 4 rings (SSSR count). The van der Waals surface area contributed by atoms with E-state index >= 15 is 0 Å². The molecule has 2 N–H and O–H groups in total. The number of ether oxygens (including phenoxy) is 2. The molecule has 3 aliphatic rings. The fourth-order valence-electron chi connectivity index (χ4n) is 4.10. The Morgan fingerprint density at radius 2 is 1.84 bits per heavy atom. The van der Waals surface area contributed by atoms with Crippen molar-refractivity contribution in [2.75, 3.05) is 19.8 Å². The van der Waals surface area contributed by atoms with Crippen LogP contribution in [0.5, 0.6) is 11.5 Å². The summed E-state index contributed by atoms with van der Waals surface area (Å²) in [6.07, 6.45) is 5.04. The van der Waals surface area contributed by atoms with Crippen molar-refractivity contribution in [2.45, 2.75) is 56.7 Å². The van der Waals surface area contributed by atoms with E-state index in [-0.39, 0.29) is 24.2 Å². The van der Waals surface area contributed by atoms with Crippen molar-refractivity contribution in [2.24, 2.45) is 0 Å². The molecular weight excluding hydrogens is 320 g/mol. The van der Waals surface area contributed by atoms with Gasteiger partial charge in [-0.1, -0.05) is 6.07 Å². The number of amides is 2. The van der Waals surface area contributed by atoms with Crippen LogP contribution in [-0.4, -0.2) is 47.9 Å². The van der Waals surface area contributed by atoms with Crippen LogP contribution in [0, 0.1) is 0 Å². The standard InChI is InChI=1S/C19H26N2O4/c22-15-6-4-14(5-7-15)20-19(23)21-9-1-2-16(21)13-3-8-17-18(12-13)25-11-10-24-17/h3,8,12,14-16,22H,1-2,4-7,9-11H2,(H,20,23)/t14?,15?,16-/m1/s1. The zero-order valence-electron chi connectivity index (χ0n) is 14.4. The normalized spacial score (nSPS) is 28.7. The molecule has 1 saturated carbocycles. The van der Waals surface area contributed by atoms with Gasteiger partial charge in [0.2, 0.25) is 0 Å². The number of hydrogen-bond donors (Lipinski definition) is 2. The van der Waals surface area contributed by atoms with Crippen molar-refractivity contribution in [1.29, 1.82) is 0 Å². The first kappa shape index (κ1) is 16.5. The van der Waals surface area contributed by atoms with Gasteiger partial charge in [-0.15, -0.1) is 0 Å². The van der Waals surface area contributed by atoms with Gasteiger partial charge in [-0.2, -0.15) is 0 Å². The minimum absolute atomic E-state index is 0.0128. The molecule has 25 heavy (non-hydrogen) atoms. The van der Waals surface area contributed by atoms with E-state index in [0.717, 1.165) is 62.1 Å². The maximum Gasteiger partial charge on any atom is 0.318 e. The number of hydrogen-bond acceptors (Lipinski definition) is 4. The van der Waals surface area contributed by atoms with Crippen molar-refractivity contribution in [3.8, 4) is 11.5 Å². The van der Waals surface area contributed by atoms with Crippen LogP contribution in [0.1, 0.15) is 50.1 Å². The Balaban J connectivity index is 1.44. The average Bonchev–Trinajstić information content (AvgIpc) is 3.13. The van der Waals surface area contributed by atoms with Gasteiger partial charge in [0.25, 0.3) is 0 Å². The molecule has 1 aromatic rings. The van der Waals surface area contributed by atoms with Crippen LogP contribution in [0.3, 0.4) is 0 Å². The highest BCUT2D eigenvalue weighted by molar-refractivity contribution is 5.75. The minimum Gasteiger partial charge on any atom is -0.486 e. The summed E-state index contributed by atoms with van der Waals surface area (Å²) in [5.74, 6) is 1.56. The summed E-state index contributed by atoms with van der Waals surface area (Å²) in [7, 11) is 0. The summed E-state index contributed by atoms with van der Waals surface area (Å²) in [6.45, 7) is 1.93. The maximum atomic E-state index is 12.8. The second kappa shape index (κ2) is 7.12. The molecule has 0 unspecified atom stereocenters. The molecule has 2 heterocycles. The van der Waals surface area contributed by atoms with Gasteiger partial charge in [0, 0.05) is 12.6 Å². The van der Waals surface area contributed by atoms with E-state index in [0.29, 0.717) is 13.2 Å². The van der Waals surface area contributed by atoms with Gasteiger partial charge in [-0.25, -0.2) is 4.79 Å². The number of nitrogens with one attached hydrogen (secondary N) is 1. The highest BCUT2D eigenvalue weighted by Crippen LogP contribution is 2.38. The number of likely N-dealkylation sites (tertiary alicyclic amines) is 1. The number of carbonyl (C=O) groups excluding carboxylic acids is 1. The molecule has 2 fully saturated rings. The second-order valence-corrected chi connectivity index (χ2v) is 7.21. The number of benzene rings is 1. The third-order valence-corrected chi connectivity index (χ3v) is 5.49. The summed E-state index contributed by atoms with van der Waals surface area (Å²) < 4.78 is 11.3. The SMILES string of the molecule is O=C(NC1CCC(O)CC1)N1CCC[C@@H]1c1ccc2c(c1)OCCO2. The molecule has 0 spiro atoms. The van der Waals surface area contributed by atoms with Crippen molar-refractivity contribution >= 4 is 6.03 Å². The first-order valence-electron chi connectivity index (χ1n) is 9.35. The van der Waals surface area contributed by atoms with Crippen molar-refractivity contribution in [3.63, 3.8) is 0 Å². The first-order valence-corrected chi connectivity index (χ1v) is 9.35. The third kappa shape index (κ3) is 3.54. The molecule has 1 aliphatic carbocycles. The minimum atomic E-state index is -0.203. The van der Waals surface area contributed by atoms with Crippen LogP contribution < -0.4 is 14.8 Å². The van der Waals surface area contributed by atoms with Crippen molar-refractivity contribution in [1.82, 2.24) is 10.2 Å². The van der Waals surface area contributed by atoms with E-state index in [1.807, 2.05) is 23.1 Å². The molecule has 6 nitrogen and oxygen atoms in total. The molecule has 1 atom stereocenters. The number of aliphatic hydroxyl groups excluding tert-OH is 1. The van der Waals surface area contributed by atoms with Gasteiger partial charge in [0.1, 0.15) is 13.2 Å². The Kier molecular flexibility index (Phi) is 4.70. The highest BCUT2D eigenvalue weighted by atomic mass is 16.6. The Hall–Kier alpha value is -1.95. The zero-order valence-corrected chi connectivity index (χ0v) is 14.4. The molecular formula is C19H26N2O4. The van der Waals surface area contributed by atoms with Crippen LogP contribution in [0.25, 0.3) is 0 Å².